The Morgan fingerprint density at radius 3 is 2.45 bits per heavy atom. The predicted octanol–water partition coefficient (Wildman–Crippen LogP) is 1.69. The molecule has 1 aliphatic rings. The van der Waals surface area contributed by atoms with Crippen molar-refractivity contribution in [2.24, 2.45) is 0 Å². The zero-order valence-electron chi connectivity index (χ0n) is 12.2. The lowest BCUT2D eigenvalue weighted by Gasteiger charge is -2.22. The van der Waals surface area contributed by atoms with Crippen LogP contribution in [0.25, 0.3) is 0 Å². The molecule has 112 valence electrons. The lowest BCUT2D eigenvalue weighted by Crippen LogP contribution is -2.34. The topological polar surface area (TPSA) is 72.6 Å². The van der Waals surface area contributed by atoms with Crippen LogP contribution in [0.1, 0.15) is 24.0 Å². The molecule has 2 N–H and O–H groups in total. The van der Waals surface area contributed by atoms with Crippen LogP contribution in [-0.2, 0) is 14.8 Å². The zero-order valence-corrected chi connectivity index (χ0v) is 13.0. The Kier molecular flexibility index (Phi) is 4.36. The number of nitrogens with two attached hydrogens (primary N) is 1. The van der Waals surface area contributed by atoms with E-state index in [2.05, 4.69) is 0 Å². The van der Waals surface area contributed by atoms with E-state index in [9.17, 15) is 8.42 Å². The van der Waals surface area contributed by atoms with Crippen LogP contribution in [0, 0.1) is 13.8 Å². The third-order valence-electron chi connectivity index (χ3n) is 3.64. The van der Waals surface area contributed by atoms with Gasteiger partial charge >= 0.3 is 0 Å². The van der Waals surface area contributed by atoms with Crippen LogP contribution >= 0.6 is 0 Å². The molecule has 0 aromatic heterocycles. The van der Waals surface area contributed by atoms with Gasteiger partial charge in [-0.1, -0.05) is 0 Å². The fraction of sp³-hybridized carbons (Fsp3) is 0.571. The summed E-state index contributed by atoms with van der Waals surface area (Å²) in [5.41, 5.74) is 7.70. The van der Waals surface area contributed by atoms with Crippen LogP contribution in [-0.4, -0.2) is 39.0 Å². The highest BCUT2D eigenvalue weighted by Crippen LogP contribution is 2.26. The van der Waals surface area contributed by atoms with Gasteiger partial charge in [0.1, 0.15) is 0 Å². The summed E-state index contributed by atoms with van der Waals surface area (Å²) >= 11 is 0. The average Bonchev–Trinajstić information content (AvgIpc) is 2.79. The standard InChI is InChI=1S/C14H22N2O3S/c1-10-7-12(15)8-11(2)14(10)20(17,18)16(3)9-13-5-4-6-19-13/h7-8,13H,4-6,9,15H2,1-3H3. The van der Waals surface area contributed by atoms with E-state index in [0.29, 0.717) is 28.3 Å². The summed E-state index contributed by atoms with van der Waals surface area (Å²) < 4.78 is 32.3. The van der Waals surface area contributed by atoms with Gasteiger partial charge in [0.05, 0.1) is 11.0 Å². The second kappa shape index (κ2) is 5.71. The van der Waals surface area contributed by atoms with Crippen molar-refractivity contribution in [2.45, 2.75) is 37.7 Å². The lowest BCUT2D eigenvalue weighted by molar-refractivity contribution is 0.0978. The first kappa shape index (κ1) is 15.3. The molecular formula is C14H22N2O3S. The summed E-state index contributed by atoms with van der Waals surface area (Å²) in [6, 6.07) is 3.39. The zero-order chi connectivity index (χ0) is 14.9. The smallest absolute Gasteiger partial charge is 0.243 e. The number of hydrogen-bond donors (Lipinski definition) is 1. The maximum Gasteiger partial charge on any atom is 0.243 e. The molecule has 1 saturated heterocycles. The van der Waals surface area contributed by atoms with Crippen molar-refractivity contribution in [3.8, 4) is 0 Å². The highest BCUT2D eigenvalue weighted by atomic mass is 32.2. The number of sulfonamides is 1. The quantitative estimate of drug-likeness (QED) is 0.859. The van der Waals surface area contributed by atoms with Crippen molar-refractivity contribution in [1.29, 1.82) is 0 Å². The Hall–Kier alpha value is -1.11. The molecule has 0 radical (unpaired) electrons. The van der Waals surface area contributed by atoms with Gasteiger partial charge in [-0.2, -0.15) is 4.31 Å². The first-order valence-electron chi connectivity index (χ1n) is 6.77. The lowest BCUT2D eigenvalue weighted by atomic mass is 10.1. The molecule has 0 aliphatic carbocycles. The molecule has 0 saturated carbocycles. The van der Waals surface area contributed by atoms with E-state index in [4.69, 9.17) is 10.5 Å². The highest BCUT2D eigenvalue weighted by Gasteiger charge is 2.28. The molecule has 1 aliphatic heterocycles. The van der Waals surface area contributed by atoms with Crippen molar-refractivity contribution in [3.05, 3.63) is 23.3 Å². The van der Waals surface area contributed by atoms with Gasteiger partial charge in [0.2, 0.25) is 10.0 Å². The summed E-state index contributed by atoms with van der Waals surface area (Å²) in [6.07, 6.45) is 1.92. The number of likely N-dealkylation sites (N-methyl/N-ethyl adjacent to an activating group) is 1. The molecule has 1 heterocycles. The molecular weight excluding hydrogens is 276 g/mol. The van der Waals surface area contributed by atoms with E-state index in [-0.39, 0.29) is 6.10 Å². The monoisotopic (exact) mass is 298 g/mol. The fourth-order valence-corrected chi connectivity index (χ4v) is 4.33. The molecule has 1 aromatic rings. The van der Waals surface area contributed by atoms with E-state index in [1.54, 1.807) is 33.0 Å². The normalized spacial score (nSPS) is 19.7. The number of benzene rings is 1. The van der Waals surface area contributed by atoms with Crippen LogP contribution < -0.4 is 5.73 Å². The van der Waals surface area contributed by atoms with Crippen molar-refractivity contribution in [3.63, 3.8) is 0 Å². The maximum absolute atomic E-state index is 12.7. The number of nitrogen functional groups attached to an aromatic ring is 1. The van der Waals surface area contributed by atoms with Gasteiger partial charge in [-0.25, -0.2) is 8.42 Å². The second-order valence-corrected chi connectivity index (χ2v) is 7.39. The number of hydrogen-bond acceptors (Lipinski definition) is 4. The summed E-state index contributed by atoms with van der Waals surface area (Å²) in [4.78, 5) is 0.354. The highest BCUT2D eigenvalue weighted by molar-refractivity contribution is 7.89. The number of aryl methyl sites for hydroxylation is 2. The Morgan fingerprint density at radius 1 is 1.35 bits per heavy atom. The summed E-state index contributed by atoms with van der Waals surface area (Å²) in [5.74, 6) is 0. The first-order chi connectivity index (χ1) is 9.32. The van der Waals surface area contributed by atoms with E-state index in [0.717, 1.165) is 19.4 Å². The summed E-state index contributed by atoms with van der Waals surface area (Å²) in [6.45, 7) is 4.66. The molecule has 0 amide bonds. The van der Waals surface area contributed by atoms with Crippen molar-refractivity contribution < 1.29 is 13.2 Å². The molecule has 0 bridgehead atoms. The molecule has 1 fully saturated rings. The number of ether oxygens (including phenoxy) is 1. The van der Waals surface area contributed by atoms with Gasteiger partial charge in [-0.05, 0) is 49.9 Å². The average molecular weight is 298 g/mol. The SMILES string of the molecule is Cc1cc(N)cc(C)c1S(=O)(=O)N(C)CC1CCCO1. The van der Waals surface area contributed by atoms with Crippen LogP contribution in [0.4, 0.5) is 5.69 Å². The minimum Gasteiger partial charge on any atom is -0.399 e. The van der Waals surface area contributed by atoms with Crippen molar-refractivity contribution >= 4 is 15.7 Å². The van der Waals surface area contributed by atoms with Gasteiger partial charge in [-0.15, -0.1) is 0 Å². The minimum atomic E-state index is -3.51. The fourth-order valence-electron chi connectivity index (χ4n) is 2.72. The predicted molar refractivity (Wildman–Crippen MR) is 79.1 cm³/mol. The van der Waals surface area contributed by atoms with E-state index < -0.39 is 10.0 Å². The molecule has 1 unspecified atom stereocenters. The van der Waals surface area contributed by atoms with E-state index in [1.165, 1.54) is 4.31 Å². The molecule has 1 aromatic carbocycles. The molecule has 0 spiro atoms. The van der Waals surface area contributed by atoms with Crippen LogP contribution in [0.15, 0.2) is 17.0 Å². The third kappa shape index (κ3) is 2.97. The van der Waals surface area contributed by atoms with Crippen LogP contribution in [0.2, 0.25) is 0 Å². The van der Waals surface area contributed by atoms with Gasteiger partial charge < -0.3 is 10.5 Å². The summed E-state index contributed by atoms with van der Waals surface area (Å²) in [5, 5.41) is 0. The van der Waals surface area contributed by atoms with Gasteiger partial charge in [-0.3, -0.25) is 0 Å². The number of nitrogens with zero attached hydrogens (tertiary/aromatic N) is 1. The Balaban J connectivity index is 2.29. The molecule has 20 heavy (non-hydrogen) atoms. The summed E-state index contributed by atoms with van der Waals surface area (Å²) in [7, 11) is -1.90. The minimum absolute atomic E-state index is 0.00386. The van der Waals surface area contributed by atoms with Crippen molar-refractivity contribution in [2.75, 3.05) is 25.9 Å². The Bertz CT molecular complexity index is 569. The Labute approximate surface area is 120 Å². The van der Waals surface area contributed by atoms with Crippen LogP contribution in [0.3, 0.4) is 0 Å². The Morgan fingerprint density at radius 2 is 1.95 bits per heavy atom. The third-order valence-corrected chi connectivity index (χ3v) is 5.77. The number of rotatable bonds is 4. The van der Waals surface area contributed by atoms with E-state index >= 15 is 0 Å². The number of anilines is 1. The van der Waals surface area contributed by atoms with Crippen molar-refractivity contribution in [1.82, 2.24) is 4.31 Å². The molecule has 6 heteroatoms. The second-order valence-electron chi connectivity index (χ2n) is 5.40. The van der Waals surface area contributed by atoms with Gasteiger partial charge in [0, 0.05) is 25.9 Å². The first-order valence-corrected chi connectivity index (χ1v) is 8.21. The van der Waals surface area contributed by atoms with Crippen LogP contribution in [0.5, 0.6) is 0 Å². The molecule has 1 atom stereocenters. The van der Waals surface area contributed by atoms with Gasteiger partial charge in [0.25, 0.3) is 0 Å². The van der Waals surface area contributed by atoms with Gasteiger partial charge in [0.15, 0.2) is 0 Å². The largest absolute Gasteiger partial charge is 0.399 e. The van der Waals surface area contributed by atoms with E-state index in [1.807, 2.05) is 0 Å². The molecule has 5 nitrogen and oxygen atoms in total. The molecule has 2 rings (SSSR count). The maximum atomic E-state index is 12.7.